The second kappa shape index (κ2) is 4.91. The van der Waals surface area contributed by atoms with Gasteiger partial charge in [-0.3, -0.25) is 0 Å². The van der Waals surface area contributed by atoms with Gasteiger partial charge in [-0.25, -0.2) is 0 Å². The largest absolute Gasteiger partial charge is 0.159 e. The van der Waals surface area contributed by atoms with Gasteiger partial charge in [-0.1, -0.05) is 13.8 Å². The Kier molecular flexibility index (Phi) is 4.46. The molecule has 1 aromatic rings. The molecule has 0 aliphatic carbocycles. The van der Waals surface area contributed by atoms with Crippen LogP contribution in [0.15, 0.2) is 12.3 Å². The van der Waals surface area contributed by atoms with Gasteiger partial charge in [0, 0.05) is 6.20 Å². The smallest absolute Gasteiger partial charge is 0.0629 e. The molecule has 0 bridgehead atoms. The van der Waals surface area contributed by atoms with Crippen molar-refractivity contribution >= 4 is 0 Å². The lowest BCUT2D eigenvalue weighted by Gasteiger charge is -1.91. The highest BCUT2D eigenvalue weighted by Crippen LogP contribution is 1.96. The van der Waals surface area contributed by atoms with E-state index in [9.17, 15) is 0 Å². The molecule has 0 fully saturated rings. The molecule has 0 amide bonds. The van der Waals surface area contributed by atoms with Crippen molar-refractivity contribution in [1.82, 2.24) is 10.2 Å². The van der Waals surface area contributed by atoms with Crippen molar-refractivity contribution in [3.05, 3.63) is 23.5 Å². The van der Waals surface area contributed by atoms with Gasteiger partial charge in [0.05, 0.1) is 5.69 Å². The molecule has 0 saturated carbocycles. The molecule has 1 rings (SSSR count). The molecule has 56 valence electrons. The molecule has 10 heavy (non-hydrogen) atoms. The molecule has 0 unspecified atom stereocenters. The topological polar surface area (TPSA) is 25.8 Å². The molecule has 0 N–H and O–H groups in total. The summed E-state index contributed by atoms with van der Waals surface area (Å²) in [6, 6.07) is 1.95. The maximum atomic E-state index is 3.83. The number of hydrogen-bond acceptors (Lipinski definition) is 2. The lowest BCUT2D eigenvalue weighted by molar-refractivity contribution is 0.961. The number of rotatable bonds is 0. The van der Waals surface area contributed by atoms with Crippen LogP contribution in [0.3, 0.4) is 0 Å². The molecule has 1 heterocycles. The Morgan fingerprint density at radius 2 is 1.80 bits per heavy atom. The van der Waals surface area contributed by atoms with E-state index >= 15 is 0 Å². The van der Waals surface area contributed by atoms with E-state index in [1.165, 1.54) is 5.56 Å². The van der Waals surface area contributed by atoms with Crippen molar-refractivity contribution in [2.75, 3.05) is 0 Å². The van der Waals surface area contributed by atoms with Crippen LogP contribution in [0.2, 0.25) is 0 Å². The monoisotopic (exact) mass is 138 g/mol. The summed E-state index contributed by atoms with van der Waals surface area (Å²) in [6.45, 7) is 7.96. The summed E-state index contributed by atoms with van der Waals surface area (Å²) in [5, 5.41) is 7.52. The fourth-order valence-corrected chi connectivity index (χ4v) is 0.465. The Morgan fingerprint density at radius 1 is 1.20 bits per heavy atom. The first-order valence-electron chi connectivity index (χ1n) is 3.55. The van der Waals surface area contributed by atoms with Gasteiger partial charge in [-0.05, 0) is 25.5 Å². The molecule has 1 aromatic heterocycles. The molecule has 0 saturated heterocycles. The van der Waals surface area contributed by atoms with Crippen molar-refractivity contribution < 1.29 is 0 Å². The Bertz CT molecular complexity index is 163. The van der Waals surface area contributed by atoms with Crippen LogP contribution in [-0.4, -0.2) is 10.2 Å². The average Bonchev–Trinajstić information content (AvgIpc) is 2.00. The van der Waals surface area contributed by atoms with Crippen molar-refractivity contribution in [2.24, 2.45) is 0 Å². The zero-order valence-electron chi connectivity index (χ0n) is 7.05. The van der Waals surface area contributed by atoms with E-state index in [1.807, 2.05) is 33.8 Å². The van der Waals surface area contributed by atoms with E-state index in [1.54, 1.807) is 6.20 Å². The second-order valence-corrected chi connectivity index (χ2v) is 1.80. The lowest BCUT2D eigenvalue weighted by atomic mass is 10.3. The summed E-state index contributed by atoms with van der Waals surface area (Å²) in [5.74, 6) is 0. The van der Waals surface area contributed by atoms with Gasteiger partial charge in [0.15, 0.2) is 0 Å². The third kappa shape index (κ3) is 2.58. The first-order chi connectivity index (χ1) is 4.80. The number of aryl methyl sites for hydroxylation is 2. The Labute approximate surface area is 62.3 Å². The summed E-state index contributed by atoms with van der Waals surface area (Å²) in [5.41, 5.74) is 2.20. The van der Waals surface area contributed by atoms with Crippen molar-refractivity contribution in [2.45, 2.75) is 27.7 Å². The summed E-state index contributed by atoms with van der Waals surface area (Å²) in [4.78, 5) is 0. The Morgan fingerprint density at radius 3 is 2.10 bits per heavy atom. The minimum Gasteiger partial charge on any atom is -0.159 e. The number of nitrogens with zero attached hydrogens (tertiary/aromatic N) is 2. The molecule has 0 atom stereocenters. The predicted molar refractivity (Wildman–Crippen MR) is 42.9 cm³/mol. The van der Waals surface area contributed by atoms with Gasteiger partial charge in [-0.2, -0.15) is 10.2 Å². The summed E-state index contributed by atoms with van der Waals surface area (Å²) < 4.78 is 0. The van der Waals surface area contributed by atoms with Gasteiger partial charge in [-0.15, -0.1) is 0 Å². The molecular weight excluding hydrogens is 124 g/mol. The fraction of sp³-hybridized carbons (Fsp3) is 0.500. The third-order valence-corrected chi connectivity index (χ3v) is 1.17. The van der Waals surface area contributed by atoms with E-state index in [2.05, 4.69) is 10.2 Å². The van der Waals surface area contributed by atoms with E-state index < -0.39 is 0 Å². The van der Waals surface area contributed by atoms with Crippen LogP contribution < -0.4 is 0 Å². The second-order valence-electron chi connectivity index (χ2n) is 1.80. The zero-order chi connectivity index (χ0) is 7.98. The molecule has 0 aliphatic rings. The predicted octanol–water partition coefficient (Wildman–Crippen LogP) is 2.12. The quantitative estimate of drug-likeness (QED) is 0.548. The van der Waals surface area contributed by atoms with Gasteiger partial charge in [0.2, 0.25) is 0 Å². The van der Waals surface area contributed by atoms with Gasteiger partial charge in [0.1, 0.15) is 0 Å². The first-order valence-corrected chi connectivity index (χ1v) is 3.55. The SMILES string of the molecule is CC.Cc1ccnnc1C. The highest BCUT2D eigenvalue weighted by Gasteiger charge is 1.86. The Balaban J connectivity index is 0.000000371. The summed E-state index contributed by atoms with van der Waals surface area (Å²) >= 11 is 0. The van der Waals surface area contributed by atoms with Crippen LogP contribution in [0.4, 0.5) is 0 Å². The molecule has 2 heteroatoms. The first kappa shape index (κ1) is 9.08. The van der Waals surface area contributed by atoms with Crippen molar-refractivity contribution in [1.29, 1.82) is 0 Å². The minimum atomic E-state index is 1.01. The normalized spacial score (nSPS) is 8.00. The number of aromatic nitrogens is 2. The highest BCUT2D eigenvalue weighted by molar-refractivity contribution is 5.12. The average molecular weight is 138 g/mol. The van der Waals surface area contributed by atoms with E-state index in [0.717, 1.165) is 5.69 Å². The number of hydrogen-bond donors (Lipinski definition) is 0. The minimum absolute atomic E-state index is 1.01. The van der Waals surface area contributed by atoms with Crippen LogP contribution in [0.5, 0.6) is 0 Å². The van der Waals surface area contributed by atoms with Crippen molar-refractivity contribution in [3.8, 4) is 0 Å². The van der Waals surface area contributed by atoms with Crippen LogP contribution in [0.1, 0.15) is 25.1 Å². The molecule has 2 nitrogen and oxygen atoms in total. The van der Waals surface area contributed by atoms with Crippen LogP contribution in [0, 0.1) is 13.8 Å². The summed E-state index contributed by atoms with van der Waals surface area (Å²) in [6.07, 6.45) is 1.70. The van der Waals surface area contributed by atoms with Gasteiger partial charge in [0.25, 0.3) is 0 Å². The molecule has 0 aliphatic heterocycles. The van der Waals surface area contributed by atoms with Crippen LogP contribution >= 0.6 is 0 Å². The fourth-order valence-electron chi connectivity index (χ4n) is 0.465. The van der Waals surface area contributed by atoms with Crippen LogP contribution in [0.25, 0.3) is 0 Å². The maximum absolute atomic E-state index is 3.83. The van der Waals surface area contributed by atoms with Crippen LogP contribution in [-0.2, 0) is 0 Å². The maximum Gasteiger partial charge on any atom is 0.0629 e. The standard InChI is InChI=1S/C6H8N2.C2H6/c1-5-3-4-7-8-6(5)2;1-2/h3-4H,1-2H3;1-2H3. The van der Waals surface area contributed by atoms with E-state index in [4.69, 9.17) is 0 Å². The highest BCUT2D eigenvalue weighted by atomic mass is 15.1. The zero-order valence-corrected chi connectivity index (χ0v) is 7.05. The lowest BCUT2D eigenvalue weighted by Crippen LogP contribution is -1.86. The van der Waals surface area contributed by atoms with E-state index in [0.29, 0.717) is 0 Å². The molecule has 0 spiro atoms. The molecular formula is C8H14N2. The molecule has 0 aromatic carbocycles. The van der Waals surface area contributed by atoms with E-state index in [-0.39, 0.29) is 0 Å². The van der Waals surface area contributed by atoms with Crippen molar-refractivity contribution in [3.63, 3.8) is 0 Å². The third-order valence-electron chi connectivity index (χ3n) is 1.17. The Hall–Kier alpha value is -0.920. The van der Waals surface area contributed by atoms with Gasteiger partial charge < -0.3 is 0 Å². The summed E-state index contributed by atoms with van der Waals surface area (Å²) in [7, 11) is 0. The molecule has 0 radical (unpaired) electrons. The van der Waals surface area contributed by atoms with Gasteiger partial charge >= 0.3 is 0 Å².